The van der Waals surface area contributed by atoms with Gasteiger partial charge in [0.2, 0.25) is 0 Å². The van der Waals surface area contributed by atoms with Crippen LogP contribution in [-0.2, 0) is 6.42 Å². The van der Waals surface area contributed by atoms with Crippen LogP contribution in [0.3, 0.4) is 0 Å². The van der Waals surface area contributed by atoms with Gasteiger partial charge in [0, 0.05) is 39.6 Å². The maximum Gasteiger partial charge on any atom is 0.157 e. The summed E-state index contributed by atoms with van der Waals surface area (Å²) in [6.45, 7) is 0. The summed E-state index contributed by atoms with van der Waals surface area (Å²) < 4.78 is 9.31. The van der Waals surface area contributed by atoms with Crippen LogP contribution in [0.15, 0.2) is 261 Å². The van der Waals surface area contributed by atoms with Crippen LogP contribution in [-0.4, -0.2) is 4.57 Å². The van der Waals surface area contributed by atoms with E-state index in [9.17, 15) is 0 Å². The van der Waals surface area contributed by atoms with Crippen molar-refractivity contribution in [2.24, 2.45) is 0 Å². The third kappa shape index (κ3) is 7.57. The van der Waals surface area contributed by atoms with Crippen LogP contribution in [0.2, 0.25) is 0 Å². The molecule has 0 amide bonds. The number of hydrogen-bond donors (Lipinski definition) is 0. The number of anilines is 3. The minimum atomic E-state index is 0.105. The van der Waals surface area contributed by atoms with Gasteiger partial charge in [0.15, 0.2) is 5.75 Å². The summed E-state index contributed by atoms with van der Waals surface area (Å²) in [4.78, 5) is 2.34. The van der Waals surface area contributed by atoms with Crippen LogP contribution >= 0.6 is 0 Å². The largest absolute Gasteiger partial charge is 0.454 e. The average Bonchev–Trinajstić information content (AvgIpc) is 3.73. The van der Waals surface area contributed by atoms with Gasteiger partial charge in [-0.2, -0.15) is 0 Å². The Bertz CT molecular complexity index is 3490. The normalized spacial score (nSPS) is 12.8. The Morgan fingerprint density at radius 1 is 0.388 bits per heavy atom. The first kappa shape index (κ1) is 39.9. The molecule has 1 aliphatic heterocycles. The smallest absolute Gasteiger partial charge is 0.157 e. The Morgan fingerprint density at radius 2 is 0.896 bits per heavy atom. The Kier molecular flexibility index (Phi) is 10.3. The Hall–Kier alpha value is -8.66. The predicted molar refractivity (Wildman–Crippen MR) is 278 cm³/mol. The number of hydrogen-bond acceptors (Lipinski definition) is 2. The van der Waals surface area contributed by atoms with Gasteiger partial charge in [-0.3, -0.25) is 0 Å². The van der Waals surface area contributed by atoms with Crippen molar-refractivity contribution in [2.75, 3.05) is 4.90 Å². The monoisotopic (exact) mass is 858 g/mol. The lowest BCUT2D eigenvalue weighted by Gasteiger charge is -2.28. The van der Waals surface area contributed by atoms with Crippen molar-refractivity contribution >= 4 is 28.0 Å². The maximum atomic E-state index is 6.87. The molecule has 3 nitrogen and oxygen atoms in total. The van der Waals surface area contributed by atoms with Gasteiger partial charge in [-0.05, 0) is 123 Å². The molecule has 1 unspecified atom stereocenters. The van der Waals surface area contributed by atoms with Crippen LogP contribution < -0.4 is 9.64 Å². The SMILES string of the molecule is c1ccc(CC2c3ccccc3Oc3c2n(-c2ccccc2)c2cc(-c4ccc(-c5cccc(N(c6ccccc6)c6ccc(-c7ccccc7-c7ccccc7)cc6)c5)cc4)ccc32)cc1. The van der Waals surface area contributed by atoms with E-state index in [1.807, 2.05) is 0 Å². The van der Waals surface area contributed by atoms with Gasteiger partial charge in [-0.15, -0.1) is 0 Å². The fourth-order valence-corrected chi connectivity index (χ4v) is 10.0. The van der Waals surface area contributed by atoms with Crippen LogP contribution in [0, 0.1) is 0 Å². The molecule has 0 spiro atoms. The second-order valence-electron chi connectivity index (χ2n) is 17.3. The van der Waals surface area contributed by atoms with Gasteiger partial charge in [-0.1, -0.05) is 194 Å². The van der Waals surface area contributed by atoms with Gasteiger partial charge in [-0.25, -0.2) is 0 Å². The molecule has 0 radical (unpaired) electrons. The highest BCUT2D eigenvalue weighted by Crippen LogP contribution is 2.51. The van der Waals surface area contributed by atoms with E-state index < -0.39 is 0 Å². The van der Waals surface area contributed by atoms with Crippen molar-refractivity contribution in [3.63, 3.8) is 0 Å². The molecule has 0 saturated heterocycles. The van der Waals surface area contributed by atoms with Crippen molar-refractivity contribution in [1.29, 1.82) is 0 Å². The van der Waals surface area contributed by atoms with Crippen LogP contribution in [0.5, 0.6) is 11.5 Å². The summed E-state index contributed by atoms with van der Waals surface area (Å²) in [6.07, 6.45) is 0.868. The third-order valence-corrected chi connectivity index (χ3v) is 13.2. The summed E-state index contributed by atoms with van der Waals surface area (Å²) in [5.41, 5.74) is 18.7. The molecule has 12 rings (SSSR count). The van der Waals surface area contributed by atoms with E-state index in [1.165, 1.54) is 39.1 Å². The van der Waals surface area contributed by atoms with E-state index in [0.717, 1.165) is 73.8 Å². The number of aromatic nitrogens is 1. The minimum absolute atomic E-state index is 0.105. The number of rotatable bonds is 10. The van der Waals surface area contributed by atoms with E-state index >= 15 is 0 Å². The zero-order valence-electron chi connectivity index (χ0n) is 36.9. The summed E-state index contributed by atoms with van der Waals surface area (Å²) in [7, 11) is 0. The summed E-state index contributed by atoms with van der Waals surface area (Å²) in [6, 6.07) is 93.7. The lowest BCUT2D eigenvalue weighted by atomic mass is 9.86. The maximum absolute atomic E-state index is 6.87. The lowest BCUT2D eigenvalue weighted by molar-refractivity contribution is 0.445. The molecule has 11 aromatic rings. The van der Waals surface area contributed by atoms with Crippen molar-refractivity contribution in [2.45, 2.75) is 12.3 Å². The Balaban J connectivity index is 0.891. The predicted octanol–water partition coefficient (Wildman–Crippen LogP) is 17.2. The highest BCUT2D eigenvalue weighted by atomic mass is 16.5. The molecule has 1 aromatic heterocycles. The number of para-hydroxylation sites is 3. The molecule has 2 heterocycles. The van der Waals surface area contributed by atoms with E-state index in [-0.39, 0.29) is 5.92 Å². The zero-order valence-corrected chi connectivity index (χ0v) is 36.9. The van der Waals surface area contributed by atoms with E-state index in [2.05, 4.69) is 270 Å². The van der Waals surface area contributed by atoms with Gasteiger partial charge in [0.05, 0.1) is 11.2 Å². The van der Waals surface area contributed by atoms with E-state index in [4.69, 9.17) is 4.74 Å². The molecule has 0 aliphatic carbocycles. The molecule has 0 N–H and O–H groups in total. The molecule has 10 aromatic carbocycles. The second kappa shape index (κ2) is 17.4. The van der Waals surface area contributed by atoms with Crippen LogP contribution in [0.4, 0.5) is 17.1 Å². The quantitative estimate of drug-likeness (QED) is 0.136. The van der Waals surface area contributed by atoms with Crippen molar-refractivity contribution in [3.8, 4) is 61.7 Å². The Morgan fingerprint density at radius 3 is 1.60 bits per heavy atom. The minimum Gasteiger partial charge on any atom is -0.454 e. The van der Waals surface area contributed by atoms with Crippen LogP contribution in [0.25, 0.3) is 61.1 Å². The molecule has 67 heavy (non-hydrogen) atoms. The number of fused-ring (bicyclic) bond motifs is 4. The lowest BCUT2D eigenvalue weighted by Crippen LogP contribution is -2.16. The standard InChI is InChI=1S/C64H46N2O/c1-5-18-45(19-6-1)42-60-58-30-15-16-31-62(58)67-64-59-41-38-51(44-61(59)66(63(60)64)53-25-11-4-12-26-53)47-34-32-46(33-35-47)50-22-17-27-55(43-50)65(52-23-9-3-10-24-52)54-39-36-49(37-40-54)57-29-14-13-28-56(57)48-20-7-2-8-21-48/h1-41,43-44,60H,42H2. The third-order valence-electron chi connectivity index (χ3n) is 13.2. The number of nitrogens with zero attached hydrogens (tertiary/aromatic N) is 2. The Labute approximate surface area is 392 Å². The molecular formula is C64H46N2O. The first-order valence-electron chi connectivity index (χ1n) is 23.1. The molecule has 0 bridgehead atoms. The average molecular weight is 859 g/mol. The van der Waals surface area contributed by atoms with Crippen LogP contribution in [0.1, 0.15) is 22.7 Å². The molecule has 1 atom stereocenters. The fraction of sp³-hybridized carbons (Fsp3) is 0.0312. The molecular weight excluding hydrogens is 813 g/mol. The highest BCUT2D eigenvalue weighted by Gasteiger charge is 2.34. The highest BCUT2D eigenvalue weighted by molar-refractivity contribution is 5.95. The summed E-state index contributed by atoms with van der Waals surface area (Å²) in [5, 5.41) is 1.11. The zero-order chi connectivity index (χ0) is 44.5. The molecule has 0 fully saturated rings. The molecule has 318 valence electrons. The summed E-state index contributed by atoms with van der Waals surface area (Å²) >= 11 is 0. The topological polar surface area (TPSA) is 17.4 Å². The summed E-state index contributed by atoms with van der Waals surface area (Å²) in [5.74, 6) is 1.97. The number of benzene rings is 10. The van der Waals surface area contributed by atoms with E-state index in [0.29, 0.717) is 0 Å². The first-order valence-corrected chi connectivity index (χ1v) is 23.1. The van der Waals surface area contributed by atoms with Gasteiger partial charge in [0.1, 0.15) is 5.75 Å². The van der Waals surface area contributed by atoms with Crippen molar-refractivity contribution in [1.82, 2.24) is 4.57 Å². The van der Waals surface area contributed by atoms with Gasteiger partial charge >= 0.3 is 0 Å². The molecule has 3 heteroatoms. The van der Waals surface area contributed by atoms with E-state index in [1.54, 1.807) is 0 Å². The van der Waals surface area contributed by atoms with Gasteiger partial charge < -0.3 is 14.2 Å². The van der Waals surface area contributed by atoms with Crippen molar-refractivity contribution < 1.29 is 4.74 Å². The molecule has 0 saturated carbocycles. The van der Waals surface area contributed by atoms with Crippen molar-refractivity contribution in [3.05, 3.63) is 278 Å². The second-order valence-corrected chi connectivity index (χ2v) is 17.3. The first-order chi connectivity index (χ1) is 33.2. The fourth-order valence-electron chi connectivity index (χ4n) is 10.0. The van der Waals surface area contributed by atoms with Gasteiger partial charge in [0.25, 0.3) is 0 Å². The molecule has 1 aliphatic rings. The number of ether oxygens (including phenoxy) is 1.